The molecule has 3 rings (SSSR count). The van der Waals surface area contributed by atoms with E-state index in [2.05, 4.69) is 5.32 Å². The van der Waals surface area contributed by atoms with Gasteiger partial charge in [-0.2, -0.15) is 13.2 Å². The molecule has 0 spiro atoms. The monoisotopic (exact) mass is 614 g/mol. The van der Waals surface area contributed by atoms with E-state index in [-0.39, 0.29) is 35.5 Å². The van der Waals surface area contributed by atoms with Crippen LogP contribution in [0.1, 0.15) is 0 Å². The third-order valence-electron chi connectivity index (χ3n) is 4.56. The number of carbonyl (C=O) groups excluding carboxylic acids is 3. The van der Waals surface area contributed by atoms with Gasteiger partial charge in [0, 0.05) is 21.0 Å². The standard InChI is InChI=1S/C20H18F3IN2O5S2/c21-20(22,23)7-6-12-11-33(30)18-15(17(28)26(18)16(12)19(29)31-9-8-24)25-14(27)10-32-13-4-2-1-3-5-13/h1-7,15,18H,8-11H2,(H,25,27)/t15?,18-,33?/m0/s1. The second kappa shape index (κ2) is 11.1. The number of β-lactam (4-membered cyclic amide) rings is 1. The SMILES string of the molecule is O=C(CSc1ccccc1)NC1C(=O)N2C(C(=O)OCCI)=C(C=CC(F)(F)F)C[S+]([O-])[C@@H]12. The number of nitrogens with one attached hydrogen (secondary N) is 1. The third kappa shape index (κ3) is 6.45. The maximum Gasteiger partial charge on any atom is 0.409 e. The van der Waals surface area contributed by atoms with E-state index in [0.29, 0.717) is 10.5 Å². The summed E-state index contributed by atoms with van der Waals surface area (Å²) in [5, 5.41) is 1.46. The minimum Gasteiger partial charge on any atom is -0.614 e. The van der Waals surface area contributed by atoms with Crippen LogP contribution >= 0.6 is 34.4 Å². The number of esters is 1. The van der Waals surface area contributed by atoms with Gasteiger partial charge in [-0.1, -0.05) is 40.8 Å². The predicted octanol–water partition coefficient (Wildman–Crippen LogP) is 2.54. The van der Waals surface area contributed by atoms with E-state index in [0.717, 1.165) is 9.80 Å². The van der Waals surface area contributed by atoms with Crippen LogP contribution in [0.2, 0.25) is 0 Å². The van der Waals surface area contributed by atoms with Crippen molar-refractivity contribution in [1.82, 2.24) is 10.2 Å². The lowest BCUT2D eigenvalue weighted by atomic mass is 10.0. The van der Waals surface area contributed by atoms with Gasteiger partial charge in [-0.15, -0.1) is 11.8 Å². The zero-order chi connectivity index (χ0) is 24.2. The van der Waals surface area contributed by atoms with Gasteiger partial charge in [0.15, 0.2) is 6.04 Å². The summed E-state index contributed by atoms with van der Waals surface area (Å²) in [6.45, 7) is -0.00812. The number of amides is 2. The van der Waals surface area contributed by atoms with Crippen LogP contribution in [0.3, 0.4) is 0 Å². The van der Waals surface area contributed by atoms with E-state index < -0.39 is 46.6 Å². The lowest BCUT2D eigenvalue weighted by Gasteiger charge is -2.49. The highest BCUT2D eigenvalue weighted by Crippen LogP contribution is 2.38. The maximum absolute atomic E-state index is 12.8. The van der Waals surface area contributed by atoms with Crippen LogP contribution in [0, 0.1) is 0 Å². The fraction of sp³-hybridized carbons (Fsp3) is 0.350. The van der Waals surface area contributed by atoms with Crippen molar-refractivity contribution in [3.8, 4) is 0 Å². The van der Waals surface area contributed by atoms with Crippen molar-refractivity contribution in [2.75, 3.05) is 22.5 Å². The molecule has 0 saturated carbocycles. The average Bonchev–Trinajstić information content (AvgIpc) is 2.78. The second-order valence-electron chi connectivity index (χ2n) is 6.84. The van der Waals surface area contributed by atoms with Gasteiger partial charge < -0.3 is 14.6 Å². The van der Waals surface area contributed by atoms with Gasteiger partial charge in [0.25, 0.3) is 5.91 Å². The molecule has 1 aromatic carbocycles. The van der Waals surface area contributed by atoms with E-state index in [9.17, 15) is 32.1 Å². The number of hydrogen-bond donors (Lipinski definition) is 1. The Bertz CT molecular complexity index is 974. The molecular weight excluding hydrogens is 596 g/mol. The highest BCUT2D eigenvalue weighted by atomic mass is 127. The zero-order valence-corrected chi connectivity index (χ0v) is 20.6. The Morgan fingerprint density at radius 1 is 1.33 bits per heavy atom. The van der Waals surface area contributed by atoms with Gasteiger partial charge in [0.1, 0.15) is 18.1 Å². The number of hydrogen-bond acceptors (Lipinski definition) is 6. The molecule has 0 aromatic heterocycles. The smallest absolute Gasteiger partial charge is 0.409 e. The number of allylic oxidation sites excluding steroid dienone is 2. The van der Waals surface area contributed by atoms with E-state index >= 15 is 0 Å². The lowest BCUT2D eigenvalue weighted by molar-refractivity contribution is -0.152. The van der Waals surface area contributed by atoms with E-state index in [1.807, 2.05) is 52.9 Å². The number of thioether (sulfide) groups is 1. The van der Waals surface area contributed by atoms with Crippen molar-refractivity contribution >= 4 is 63.3 Å². The summed E-state index contributed by atoms with van der Waals surface area (Å²) in [6.07, 6.45) is -4.12. The Labute approximate surface area is 208 Å². The number of fused-ring (bicyclic) bond motifs is 1. The van der Waals surface area contributed by atoms with Crippen LogP contribution < -0.4 is 5.32 Å². The molecule has 2 unspecified atom stereocenters. The van der Waals surface area contributed by atoms with Crippen molar-refractivity contribution in [3.63, 3.8) is 0 Å². The lowest BCUT2D eigenvalue weighted by Crippen LogP contribution is -2.74. The van der Waals surface area contributed by atoms with E-state index in [1.54, 1.807) is 0 Å². The van der Waals surface area contributed by atoms with Crippen LogP contribution in [-0.2, 0) is 30.3 Å². The van der Waals surface area contributed by atoms with Crippen molar-refractivity contribution in [3.05, 3.63) is 53.8 Å². The minimum absolute atomic E-state index is 0.00706. The van der Waals surface area contributed by atoms with Gasteiger partial charge >= 0.3 is 12.1 Å². The molecule has 2 amide bonds. The molecule has 0 radical (unpaired) electrons. The second-order valence-corrected chi connectivity index (χ2v) is 10.5. The molecule has 1 fully saturated rings. The number of carbonyl (C=O) groups is 3. The van der Waals surface area contributed by atoms with Gasteiger partial charge in [0.2, 0.25) is 11.3 Å². The summed E-state index contributed by atoms with van der Waals surface area (Å²) in [7, 11) is 0. The van der Waals surface area contributed by atoms with Crippen LogP contribution in [0.25, 0.3) is 0 Å². The number of ether oxygens (including phenoxy) is 1. The first kappa shape index (κ1) is 25.9. The maximum atomic E-state index is 12.8. The largest absolute Gasteiger partial charge is 0.614 e. The molecule has 0 aliphatic carbocycles. The molecule has 1 N–H and O–H groups in total. The molecular formula is C20H18F3IN2O5S2. The molecule has 1 saturated heterocycles. The van der Waals surface area contributed by atoms with Crippen LogP contribution in [0.15, 0.2) is 58.6 Å². The zero-order valence-electron chi connectivity index (χ0n) is 16.8. The predicted molar refractivity (Wildman–Crippen MR) is 125 cm³/mol. The van der Waals surface area contributed by atoms with E-state index in [4.69, 9.17) is 4.74 Å². The topological polar surface area (TPSA) is 98.8 Å². The molecule has 1 aromatic rings. The fourth-order valence-electron chi connectivity index (χ4n) is 3.20. The number of alkyl halides is 4. The Balaban J connectivity index is 1.76. The van der Waals surface area contributed by atoms with E-state index in [1.165, 1.54) is 11.8 Å². The average molecular weight is 614 g/mol. The van der Waals surface area contributed by atoms with Crippen molar-refractivity contribution in [2.45, 2.75) is 22.5 Å². The summed E-state index contributed by atoms with van der Waals surface area (Å²) in [5.74, 6) is -2.56. The molecule has 0 bridgehead atoms. The molecule has 2 heterocycles. The summed E-state index contributed by atoms with van der Waals surface area (Å²) < 4.78 is 56.2. The van der Waals surface area contributed by atoms with Gasteiger partial charge in [-0.25, -0.2) is 4.79 Å². The Kier molecular flexibility index (Phi) is 8.75. The summed E-state index contributed by atoms with van der Waals surface area (Å²) in [6, 6.07) is 7.95. The van der Waals surface area contributed by atoms with Crippen LogP contribution in [-0.4, -0.2) is 67.4 Å². The Morgan fingerprint density at radius 2 is 2.03 bits per heavy atom. The third-order valence-corrected chi connectivity index (χ3v) is 7.63. The van der Waals surface area contributed by atoms with Crippen molar-refractivity contribution in [2.24, 2.45) is 0 Å². The first-order chi connectivity index (χ1) is 15.6. The summed E-state index contributed by atoms with van der Waals surface area (Å²) in [4.78, 5) is 39.4. The van der Waals surface area contributed by atoms with Crippen molar-refractivity contribution in [1.29, 1.82) is 0 Å². The normalized spacial score (nSPS) is 22.8. The molecule has 178 valence electrons. The summed E-state index contributed by atoms with van der Waals surface area (Å²) >= 11 is 1.36. The Morgan fingerprint density at radius 3 is 2.67 bits per heavy atom. The fourth-order valence-corrected chi connectivity index (χ4v) is 5.79. The first-order valence-electron chi connectivity index (χ1n) is 9.52. The molecule has 33 heavy (non-hydrogen) atoms. The Hall–Kier alpha value is -1.71. The van der Waals surface area contributed by atoms with Gasteiger partial charge in [-0.05, 0) is 29.4 Å². The van der Waals surface area contributed by atoms with Crippen LogP contribution in [0.4, 0.5) is 13.2 Å². The minimum atomic E-state index is -4.66. The highest BCUT2D eigenvalue weighted by Gasteiger charge is 2.61. The molecule has 2 aliphatic rings. The molecule has 13 heteroatoms. The molecule has 3 atom stereocenters. The first-order valence-corrected chi connectivity index (χ1v) is 13.4. The highest BCUT2D eigenvalue weighted by molar-refractivity contribution is 14.1. The van der Waals surface area contributed by atoms with Gasteiger partial charge in [-0.3, -0.25) is 14.5 Å². The molecule has 7 nitrogen and oxygen atoms in total. The number of nitrogens with zero attached hydrogens (tertiary/aromatic N) is 1. The van der Waals surface area contributed by atoms with Crippen molar-refractivity contribution < 1.29 is 36.8 Å². The number of halogens is 4. The quantitative estimate of drug-likeness (QED) is 0.121. The number of benzene rings is 1. The van der Waals surface area contributed by atoms with Crippen LogP contribution in [0.5, 0.6) is 0 Å². The number of rotatable bonds is 8. The molecule has 2 aliphatic heterocycles. The van der Waals surface area contributed by atoms with Gasteiger partial charge in [0.05, 0.1) is 5.75 Å². The summed E-state index contributed by atoms with van der Waals surface area (Å²) in [5.41, 5.74) is -0.586.